The van der Waals surface area contributed by atoms with Gasteiger partial charge < -0.3 is 10.2 Å². The van der Waals surface area contributed by atoms with Crippen LogP contribution < -0.4 is 5.32 Å². The van der Waals surface area contributed by atoms with Crippen molar-refractivity contribution in [3.63, 3.8) is 0 Å². The number of rotatable bonds is 3. The molecular formula is C15H20F2N2O3S. The summed E-state index contributed by atoms with van der Waals surface area (Å²) in [5.74, 6) is -0.0572. The van der Waals surface area contributed by atoms with E-state index in [2.05, 4.69) is 5.32 Å². The number of hydrogen-bond donors (Lipinski definition) is 1. The number of carbonyl (C=O) groups is 1. The second-order valence-electron chi connectivity index (χ2n) is 5.87. The predicted molar refractivity (Wildman–Crippen MR) is 83.0 cm³/mol. The van der Waals surface area contributed by atoms with E-state index in [4.69, 9.17) is 0 Å². The summed E-state index contributed by atoms with van der Waals surface area (Å²) in [4.78, 5) is 13.6. The predicted octanol–water partition coefficient (Wildman–Crippen LogP) is 2.20. The first kappa shape index (κ1) is 17.7. The van der Waals surface area contributed by atoms with Gasteiger partial charge in [-0.2, -0.15) is 0 Å². The van der Waals surface area contributed by atoms with Crippen molar-refractivity contribution in [1.82, 2.24) is 10.2 Å². The summed E-state index contributed by atoms with van der Waals surface area (Å²) in [6.45, 7) is 2.56. The van der Waals surface area contributed by atoms with Crippen LogP contribution in [0.5, 0.6) is 0 Å². The fraction of sp³-hybridized carbons (Fsp3) is 0.533. The highest BCUT2D eigenvalue weighted by Gasteiger charge is 2.26. The van der Waals surface area contributed by atoms with Gasteiger partial charge in [0.1, 0.15) is 0 Å². The summed E-state index contributed by atoms with van der Waals surface area (Å²) in [6.07, 6.45) is -2.51. The molecule has 1 heterocycles. The molecule has 128 valence electrons. The molecule has 0 aliphatic carbocycles. The van der Waals surface area contributed by atoms with Gasteiger partial charge in [-0.1, -0.05) is 31.2 Å². The number of urea groups is 1. The molecule has 0 aromatic heterocycles. The lowest BCUT2D eigenvalue weighted by molar-refractivity contribution is 0.151. The molecule has 0 saturated carbocycles. The Labute approximate surface area is 134 Å². The second-order valence-corrected chi connectivity index (χ2v) is 8.10. The molecule has 1 unspecified atom stereocenters. The van der Waals surface area contributed by atoms with Gasteiger partial charge >= 0.3 is 6.03 Å². The smallest absolute Gasteiger partial charge is 0.317 e. The molecule has 1 N–H and O–H groups in total. The SMILES string of the molecule is CC1CN(C(=O)NCc2ccc(C(F)F)cc2)CCS(=O)(=O)C1. The zero-order chi connectivity index (χ0) is 17.0. The maximum absolute atomic E-state index is 12.5. The Bertz CT molecular complexity index is 647. The van der Waals surface area contributed by atoms with Crippen LogP contribution in [0.1, 0.15) is 24.5 Å². The molecule has 1 aromatic rings. The van der Waals surface area contributed by atoms with E-state index in [0.29, 0.717) is 12.1 Å². The molecular weight excluding hydrogens is 326 g/mol. The fourth-order valence-corrected chi connectivity index (χ4v) is 4.18. The molecule has 1 atom stereocenters. The molecule has 8 heteroatoms. The lowest BCUT2D eigenvalue weighted by Crippen LogP contribution is -2.42. The second kappa shape index (κ2) is 7.25. The standard InChI is InChI=1S/C15H20F2N2O3S/c1-11-9-19(6-7-23(21,22)10-11)15(20)18-8-12-2-4-13(5-3-12)14(16)17/h2-5,11,14H,6-10H2,1H3,(H,18,20). The van der Waals surface area contributed by atoms with Crippen molar-refractivity contribution < 1.29 is 22.0 Å². The van der Waals surface area contributed by atoms with Gasteiger partial charge in [0.15, 0.2) is 9.84 Å². The van der Waals surface area contributed by atoms with Crippen molar-refractivity contribution in [2.24, 2.45) is 5.92 Å². The van der Waals surface area contributed by atoms with Crippen molar-refractivity contribution in [3.05, 3.63) is 35.4 Å². The largest absolute Gasteiger partial charge is 0.334 e. The number of amides is 2. The third-order valence-electron chi connectivity index (χ3n) is 3.71. The molecule has 1 aliphatic rings. The van der Waals surface area contributed by atoms with Gasteiger partial charge in [-0.25, -0.2) is 22.0 Å². The third kappa shape index (κ3) is 5.16. The Balaban J connectivity index is 1.91. The van der Waals surface area contributed by atoms with E-state index in [1.54, 1.807) is 6.92 Å². The summed E-state index contributed by atoms with van der Waals surface area (Å²) in [5, 5.41) is 2.70. The van der Waals surface area contributed by atoms with Gasteiger partial charge in [0, 0.05) is 25.2 Å². The van der Waals surface area contributed by atoms with Gasteiger partial charge in [-0.05, 0) is 11.5 Å². The first-order chi connectivity index (χ1) is 10.8. The van der Waals surface area contributed by atoms with E-state index in [9.17, 15) is 22.0 Å². The zero-order valence-electron chi connectivity index (χ0n) is 12.8. The molecule has 0 bridgehead atoms. The monoisotopic (exact) mass is 346 g/mol. The zero-order valence-corrected chi connectivity index (χ0v) is 13.7. The Kier molecular flexibility index (Phi) is 5.56. The number of sulfone groups is 1. The maximum atomic E-state index is 12.5. The Morgan fingerprint density at radius 3 is 2.61 bits per heavy atom. The normalized spacial score (nSPS) is 21.0. The van der Waals surface area contributed by atoms with Crippen LogP contribution in [0.2, 0.25) is 0 Å². The molecule has 5 nitrogen and oxygen atoms in total. The van der Waals surface area contributed by atoms with Crippen LogP contribution in [0.15, 0.2) is 24.3 Å². The minimum absolute atomic E-state index is 0.0339. The molecule has 0 radical (unpaired) electrons. The van der Waals surface area contributed by atoms with Gasteiger partial charge in [0.25, 0.3) is 6.43 Å². The molecule has 1 fully saturated rings. The molecule has 0 spiro atoms. The van der Waals surface area contributed by atoms with Crippen LogP contribution >= 0.6 is 0 Å². The van der Waals surface area contributed by atoms with Crippen LogP contribution in [-0.4, -0.2) is 43.9 Å². The topological polar surface area (TPSA) is 66.5 Å². The Morgan fingerprint density at radius 1 is 1.35 bits per heavy atom. The van der Waals surface area contributed by atoms with Crippen molar-refractivity contribution in [1.29, 1.82) is 0 Å². The summed E-state index contributed by atoms with van der Waals surface area (Å²) in [5.41, 5.74) is 0.643. The van der Waals surface area contributed by atoms with Gasteiger partial charge in [0.05, 0.1) is 11.5 Å². The van der Waals surface area contributed by atoms with E-state index >= 15 is 0 Å². The van der Waals surface area contributed by atoms with Gasteiger partial charge in [0.2, 0.25) is 0 Å². The number of alkyl halides is 2. The fourth-order valence-electron chi connectivity index (χ4n) is 2.54. The molecule has 23 heavy (non-hydrogen) atoms. The number of nitrogens with zero attached hydrogens (tertiary/aromatic N) is 1. The van der Waals surface area contributed by atoms with Crippen LogP contribution in [-0.2, 0) is 16.4 Å². The number of hydrogen-bond acceptors (Lipinski definition) is 3. The number of benzene rings is 1. The van der Waals surface area contributed by atoms with Crippen molar-refractivity contribution >= 4 is 15.9 Å². The minimum Gasteiger partial charge on any atom is -0.334 e. The van der Waals surface area contributed by atoms with Gasteiger partial charge in [-0.3, -0.25) is 0 Å². The van der Waals surface area contributed by atoms with Crippen molar-refractivity contribution in [2.75, 3.05) is 24.6 Å². The Morgan fingerprint density at radius 2 is 2.00 bits per heavy atom. The number of halogens is 2. The Hall–Kier alpha value is -1.70. The van der Waals surface area contributed by atoms with E-state index in [1.807, 2.05) is 0 Å². The third-order valence-corrected chi connectivity index (χ3v) is 5.59. The lowest BCUT2D eigenvalue weighted by atomic mass is 10.1. The van der Waals surface area contributed by atoms with Crippen LogP contribution in [0.4, 0.5) is 13.6 Å². The van der Waals surface area contributed by atoms with Crippen LogP contribution in [0.3, 0.4) is 0 Å². The van der Waals surface area contributed by atoms with E-state index < -0.39 is 16.3 Å². The molecule has 1 aromatic carbocycles. The van der Waals surface area contributed by atoms with E-state index in [0.717, 1.165) is 0 Å². The number of nitrogens with one attached hydrogen (secondary N) is 1. The summed E-state index contributed by atoms with van der Waals surface area (Å²) < 4.78 is 48.3. The van der Waals surface area contributed by atoms with Crippen molar-refractivity contribution in [3.8, 4) is 0 Å². The molecule has 1 saturated heterocycles. The highest BCUT2D eigenvalue weighted by molar-refractivity contribution is 7.91. The summed E-state index contributed by atoms with van der Waals surface area (Å²) in [7, 11) is -3.11. The first-order valence-electron chi connectivity index (χ1n) is 7.37. The highest BCUT2D eigenvalue weighted by atomic mass is 32.2. The van der Waals surface area contributed by atoms with Crippen LogP contribution in [0.25, 0.3) is 0 Å². The lowest BCUT2D eigenvalue weighted by Gasteiger charge is -2.22. The van der Waals surface area contributed by atoms with Crippen molar-refractivity contribution in [2.45, 2.75) is 19.9 Å². The maximum Gasteiger partial charge on any atom is 0.317 e. The summed E-state index contributed by atoms with van der Waals surface area (Å²) in [6, 6.07) is 5.39. The molecule has 2 rings (SSSR count). The van der Waals surface area contributed by atoms with E-state index in [-0.39, 0.29) is 42.1 Å². The quantitative estimate of drug-likeness (QED) is 0.912. The highest BCUT2D eigenvalue weighted by Crippen LogP contribution is 2.18. The average molecular weight is 346 g/mol. The van der Waals surface area contributed by atoms with Crippen LogP contribution in [0, 0.1) is 5.92 Å². The molecule has 1 aliphatic heterocycles. The average Bonchev–Trinajstić information content (AvgIpc) is 2.62. The minimum atomic E-state index is -3.11. The molecule has 2 amide bonds. The van der Waals surface area contributed by atoms with Gasteiger partial charge in [-0.15, -0.1) is 0 Å². The first-order valence-corrected chi connectivity index (χ1v) is 9.19. The summed E-state index contributed by atoms with van der Waals surface area (Å²) >= 11 is 0. The van der Waals surface area contributed by atoms with E-state index in [1.165, 1.54) is 29.2 Å². The number of carbonyl (C=O) groups excluding carboxylic acids is 1.